The zero-order chi connectivity index (χ0) is 16.8. The number of anilines is 1. The Hall–Kier alpha value is -2.29. The topological polar surface area (TPSA) is 46.3 Å². The quantitative estimate of drug-likeness (QED) is 0.818. The van der Waals surface area contributed by atoms with Gasteiger partial charge in [-0.1, -0.05) is 62.4 Å². The van der Waals surface area contributed by atoms with E-state index >= 15 is 0 Å². The molecular weight excluding hydrogens is 284 g/mol. The van der Waals surface area contributed by atoms with Crippen LogP contribution >= 0.6 is 0 Å². The molecule has 0 fully saturated rings. The maximum Gasteiger partial charge on any atom is 0.223 e. The summed E-state index contributed by atoms with van der Waals surface area (Å²) in [6.07, 6.45) is 1.15. The van der Waals surface area contributed by atoms with Crippen LogP contribution in [0.5, 0.6) is 0 Å². The smallest absolute Gasteiger partial charge is 0.223 e. The van der Waals surface area contributed by atoms with Crippen molar-refractivity contribution in [3.63, 3.8) is 0 Å². The minimum Gasteiger partial charge on any atom is -0.399 e. The van der Waals surface area contributed by atoms with E-state index in [1.807, 2.05) is 54.4 Å². The molecular formula is C20H26N2O. The normalized spacial score (nSPS) is 12.2. The fraction of sp³-hybridized carbons (Fsp3) is 0.350. The fourth-order valence-corrected chi connectivity index (χ4v) is 3.04. The molecule has 3 nitrogen and oxygen atoms in total. The summed E-state index contributed by atoms with van der Waals surface area (Å²) < 4.78 is 0. The SMILES string of the molecule is CC(C)C(c1ccccc1)N(C)C(=O)CCc1ccccc1N. The molecule has 0 heterocycles. The highest BCUT2D eigenvalue weighted by Crippen LogP contribution is 2.28. The van der Waals surface area contributed by atoms with Crippen LogP contribution < -0.4 is 5.73 Å². The largest absolute Gasteiger partial charge is 0.399 e. The summed E-state index contributed by atoms with van der Waals surface area (Å²) in [5, 5.41) is 0. The van der Waals surface area contributed by atoms with Crippen molar-refractivity contribution < 1.29 is 4.79 Å². The number of amides is 1. The van der Waals surface area contributed by atoms with E-state index in [1.165, 1.54) is 5.56 Å². The van der Waals surface area contributed by atoms with Gasteiger partial charge in [0.15, 0.2) is 0 Å². The Balaban J connectivity index is 2.06. The van der Waals surface area contributed by atoms with Crippen LogP contribution in [0.3, 0.4) is 0 Å². The molecule has 0 aromatic heterocycles. The maximum atomic E-state index is 12.6. The van der Waals surface area contributed by atoms with Gasteiger partial charge in [0.25, 0.3) is 0 Å². The first-order valence-electron chi connectivity index (χ1n) is 8.14. The van der Waals surface area contributed by atoms with Crippen molar-refractivity contribution in [3.8, 4) is 0 Å². The summed E-state index contributed by atoms with van der Waals surface area (Å²) in [5.41, 5.74) is 8.93. The van der Waals surface area contributed by atoms with E-state index in [2.05, 4.69) is 26.0 Å². The van der Waals surface area contributed by atoms with Crippen LogP contribution in [0.4, 0.5) is 5.69 Å². The average molecular weight is 310 g/mol. The second kappa shape index (κ2) is 7.82. The second-order valence-electron chi connectivity index (χ2n) is 6.30. The molecule has 1 atom stereocenters. The molecule has 0 bridgehead atoms. The van der Waals surface area contributed by atoms with E-state index < -0.39 is 0 Å². The van der Waals surface area contributed by atoms with Crippen molar-refractivity contribution in [2.24, 2.45) is 5.92 Å². The van der Waals surface area contributed by atoms with Crippen LogP contribution in [0.1, 0.15) is 37.4 Å². The van der Waals surface area contributed by atoms with Gasteiger partial charge in [-0.2, -0.15) is 0 Å². The van der Waals surface area contributed by atoms with Crippen LogP contribution in [-0.2, 0) is 11.2 Å². The fourth-order valence-electron chi connectivity index (χ4n) is 3.04. The Labute approximate surface area is 139 Å². The Morgan fingerprint density at radius 1 is 1.04 bits per heavy atom. The Morgan fingerprint density at radius 3 is 2.26 bits per heavy atom. The summed E-state index contributed by atoms with van der Waals surface area (Å²) >= 11 is 0. The van der Waals surface area contributed by atoms with E-state index in [9.17, 15) is 4.79 Å². The maximum absolute atomic E-state index is 12.6. The van der Waals surface area contributed by atoms with Crippen molar-refractivity contribution >= 4 is 11.6 Å². The van der Waals surface area contributed by atoms with E-state index in [0.717, 1.165) is 11.3 Å². The van der Waals surface area contributed by atoms with Crippen LogP contribution in [0.15, 0.2) is 54.6 Å². The van der Waals surface area contributed by atoms with Gasteiger partial charge in [-0.25, -0.2) is 0 Å². The van der Waals surface area contributed by atoms with Gasteiger partial charge >= 0.3 is 0 Å². The highest BCUT2D eigenvalue weighted by Gasteiger charge is 2.24. The van der Waals surface area contributed by atoms with Gasteiger partial charge in [-0.05, 0) is 29.5 Å². The van der Waals surface area contributed by atoms with Gasteiger partial charge in [0.2, 0.25) is 5.91 Å². The molecule has 0 spiro atoms. The van der Waals surface area contributed by atoms with Gasteiger partial charge < -0.3 is 10.6 Å². The number of nitrogen functional groups attached to an aromatic ring is 1. The number of hydrogen-bond acceptors (Lipinski definition) is 2. The van der Waals surface area contributed by atoms with Crippen LogP contribution in [-0.4, -0.2) is 17.9 Å². The Kier molecular flexibility index (Phi) is 5.80. The lowest BCUT2D eigenvalue weighted by molar-refractivity contribution is -0.133. The van der Waals surface area contributed by atoms with E-state index in [-0.39, 0.29) is 11.9 Å². The minimum atomic E-state index is 0.0943. The molecule has 1 amide bonds. The Bertz CT molecular complexity index is 637. The Morgan fingerprint density at radius 2 is 1.65 bits per heavy atom. The van der Waals surface area contributed by atoms with Crippen molar-refractivity contribution in [3.05, 3.63) is 65.7 Å². The predicted octanol–water partition coefficient (Wildman–Crippen LogP) is 4.06. The summed E-state index contributed by atoms with van der Waals surface area (Å²) in [6.45, 7) is 4.30. The third-order valence-electron chi connectivity index (χ3n) is 4.25. The molecule has 2 aromatic carbocycles. The number of para-hydroxylation sites is 1. The van der Waals surface area contributed by atoms with Gasteiger partial charge in [-0.3, -0.25) is 4.79 Å². The number of hydrogen-bond donors (Lipinski definition) is 1. The molecule has 23 heavy (non-hydrogen) atoms. The molecule has 0 aliphatic carbocycles. The molecule has 122 valence electrons. The third kappa shape index (κ3) is 4.35. The zero-order valence-corrected chi connectivity index (χ0v) is 14.2. The molecule has 0 saturated heterocycles. The minimum absolute atomic E-state index is 0.0943. The molecule has 0 radical (unpaired) electrons. The van der Waals surface area contributed by atoms with Crippen molar-refractivity contribution in [1.29, 1.82) is 0 Å². The van der Waals surface area contributed by atoms with Gasteiger partial charge in [0.05, 0.1) is 6.04 Å². The molecule has 2 rings (SSSR count). The third-order valence-corrected chi connectivity index (χ3v) is 4.25. The van der Waals surface area contributed by atoms with Crippen LogP contribution in [0.25, 0.3) is 0 Å². The predicted molar refractivity (Wildman–Crippen MR) is 96.0 cm³/mol. The summed E-state index contributed by atoms with van der Waals surface area (Å²) in [5.74, 6) is 0.504. The van der Waals surface area contributed by atoms with E-state index in [0.29, 0.717) is 18.8 Å². The molecule has 0 aliphatic heterocycles. The molecule has 0 aliphatic rings. The van der Waals surface area contributed by atoms with E-state index in [4.69, 9.17) is 5.73 Å². The molecule has 3 heteroatoms. The standard InChI is InChI=1S/C20H26N2O/c1-15(2)20(17-10-5-4-6-11-17)22(3)19(23)14-13-16-9-7-8-12-18(16)21/h4-12,15,20H,13-14,21H2,1-3H3. The monoisotopic (exact) mass is 310 g/mol. The molecule has 1 unspecified atom stereocenters. The number of carbonyl (C=O) groups is 1. The lowest BCUT2D eigenvalue weighted by atomic mass is 9.94. The summed E-state index contributed by atoms with van der Waals surface area (Å²) in [6, 6.07) is 18.1. The first kappa shape index (κ1) is 17.1. The molecule has 2 aromatic rings. The number of rotatable bonds is 6. The number of carbonyl (C=O) groups excluding carboxylic acids is 1. The van der Waals surface area contributed by atoms with E-state index in [1.54, 1.807) is 0 Å². The van der Waals surface area contributed by atoms with Crippen molar-refractivity contribution in [2.75, 3.05) is 12.8 Å². The summed E-state index contributed by atoms with van der Waals surface area (Å²) in [7, 11) is 1.90. The number of nitrogens with zero attached hydrogens (tertiary/aromatic N) is 1. The number of benzene rings is 2. The van der Waals surface area contributed by atoms with Gasteiger partial charge in [0, 0.05) is 19.2 Å². The average Bonchev–Trinajstić information content (AvgIpc) is 2.54. The van der Waals surface area contributed by atoms with Gasteiger partial charge in [-0.15, -0.1) is 0 Å². The first-order valence-corrected chi connectivity index (χ1v) is 8.14. The highest BCUT2D eigenvalue weighted by atomic mass is 16.2. The zero-order valence-electron chi connectivity index (χ0n) is 14.2. The lowest BCUT2D eigenvalue weighted by Crippen LogP contribution is -2.34. The molecule has 2 N–H and O–H groups in total. The van der Waals surface area contributed by atoms with Crippen LogP contribution in [0.2, 0.25) is 0 Å². The van der Waals surface area contributed by atoms with Crippen molar-refractivity contribution in [2.45, 2.75) is 32.7 Å². The second-order valence-corrected chi connectivity index (χ2v) is 6.30. The number of aryl methyl sites for hydroxylation is 1. The van der Waals surface area contributed by atoms with Crippen LogP contribution in [0, 0.1) is 5.92 Å². The summed E-state index contributed by atoms with van der Waals surface area (Å²) in [4.78, 5) is 14.5. The van der Waals surface area contributed by atoms with Crippen molar-refractivity contribution in [1.82, 2.24) is 4.90 Å². The number of nitrogens with two attached hydrogens (primary N) is 1. The first-order chi connectivity index (χ1) is 11.0. The van der Waals surface area contributed by atoms with Gasteiger partial charge in [0.1, 0.15) is 0 Å². The highest BCUT2D eigenvalue weighted by molar-refractivity contribution is 5.77. The lowest BCUT2D eigenvalue weighted by Gasteiger charge is -2.32. The molecule has 0 saturated carbocycles.